The van der Waals surface area contributed by atoms with Crippen LogP contribution in [0.5, 0.6) is 5.75 Å². The van der Waals surface area contributed by atoms with Gasteiger partial charge in [-0.25, -0.2) is 9.79 Å². The minimum Gasteiger partial charge on any atom is -0.489 e. The lowest BCUT2D eigenvalue weighted by Gasteiger charge is -2.06. The molecule has 0 atom stereocenters. The third kappa shape index (κ3) is 4.38. The Morgan fingerprint density at radius 1 is 0.929 bits per heavy atom. The molecule has 1 aliphatic heterocycles. The van der Waals surface area contributed by atoms with E-state index in [1.807, 2.05) is 78.9 Å². The molecule has 0 saturated heterocycles. The van der Waals surface area contributed by atoms with Gasteiger partial charge in [-0.2, -0.15) is 0 Å². The molecule has 4 rings (SSSR count). The Labute approximate surface area is 171 Å². The van der Waals surface area contributed by atoms with Crippen LogP contribution in [0.15, 0.2) is 94.0 Å². The van der Waals surface area contributed by atoms with Gasteiger partial charge in [0.1, 0.15) is 12.4 Å². The number of cyclic esters (lactones) is 1. The van der Waals surface area contributed by atoms with E-state index < -0.39 is 5.97 Å². The molecule has 5 heteroatoms. The number of aliphatic imine (C=N–C) groups is 1. The van der Waals surface area contributed by atoms with Gasteiger partial charge in [-0.3, -0.25) is 0 Å². The molecule has 0 aromatic heterocycles. The Kier molecular flexibility index (Phi) is 5.35. The molecule has 1 aliphatic rings. The topological polar surface area (TPSA) is 47.9 Å². The molecular weight excluding hydrogens is 418 g/mol. The van der Waals surface area contributed by atoms with Gasteiger partial charge in [0, 0.05) is 10.0 Å². The minimum atomic E-state index is -0.456. The highest BCUT2D eigenvalue weighted by Crippen LogP contribution is 2.22. The van der Waals surface area contributed by atoms with Crippen molar-refractivity contribution in [2.75, 3.05) is 0 Å². The maximum Gasteiger partial charge on any atom is 0.363 e. The first kappa shape index (κ1) is 18.2. The summed E-state index contributed by atoms with van der Waals surface area (Å²) in [5.41, 5.74) is 2.98. The van der Waals surface area contributed by atoms with Crippen molar-refractivity contribution < 1.29 is 14.3 Å². The predicted molar refractivity (Wildman–Crippen MR) is 112 cm³/mol. The molecule has 0 radical (unpaired) electrons. The molecule has 0 N–H and O–H groups in total. The summed E-state index contributed by atoms with van der Waals surface area (Å²) >= 11 is 3.38. The van der Waals surface area contributed by atoms with E-state index in [2.05, 4.69) is 20.9 Å². The molecule has 0 saturated carbocycles. The van der Waals surface area contributed by atoms with Crippen molar-refractivity contribution in [3.05, 3.63) is 106 Å². The summed E-state index contributed by atoms with van der Waals surface area (Å²) in [7, 11) is 0. The van der Waals surface area contributed by atoms with Crippen LogP contribution in [0.4, 0.5) is 0 Å². The molecule has 28 heavy (non-hydrogen) atoms. The first-order valence-corrected chi connectivity index (χ1v) is 9.52. The van der Waals surface area contributed by atoms with Crippen molar-refractivity contribution in [3.63, 3.8) is 0 Å². The summed E-state index contributed by atoms with van der Waals surface area (Å²) in [5, 5.41) is 0. The standard InChI is InChI=1S/C23H16BrNO3/c24-19-10-8-18(9-11-19)22-25-21(23(26)28-22)14-16-6-12-20(13-7-16)27-15-17-4-2-1-3-5-17/h1-14H,15H2. The number of hydrogen-bond acceptors (Lipinski definition) is 4. The molecule has 1 heterocycles. The molecule has 0 bridgehead atoms. The lowest BCUT2D eigenvalue weighted by atomic mass is 10.2. The largest absolute Gasteiger partial charge is 0.489 e. The van der Waals surface area contributed by atoms with Crippen LogP contribution in [0.1, 0.15) is 16.7 Å². The first-order chi connectivity index (χ1) is 13.7. The Bertz CT molecular complexity index is 1040. The molecule has 0 fully saturated rings. The number of esters is 1. The van der Waals surface area contributed by atoms with E-state index in [0.29, 0.717) is 12.5 Å². The van der Waals surface area contributed by atoms with Crippen molar-refractivity contribution in [2.24, 2.45) is 4.99 Å². The third-order valence-corrected chi connectivity index (χ3v) is 4.67. The van der Waals surface area contributed by atoms with Crippen molar-refractivity contribution in [1.29, 1.82) is 0 Å². The number of halogens is 1. The normalized spacial score (nSPS) is 14.7. The summed E-state index contributed by atoms with van der Waals surface area (Å²) < 4.78 is 12.0. The molecule has 4 nitrogen and oxygen atoms in total. The zero-order valence-electron chi connectivity index (χ0n) is 14.8. The first-order valence-electron chi connectivity index (χ1n) is 8.73. The Morgan fingerprint density at radius 3 is 2.36 bits per heavy atom. The highest BCUT2D eigenvalue weighted by atomic mass is 79.9. The molecule has 3 aromatic rings. The lowest BCUT2D eigenvalue weighted by molar-refractivity contribution is -0.129. The Hall–Kier alpha value is -3.18. The van der Waals surface area contributed by atoms with Gasteiger partial charge in [-0.15, -0.1) is 0 Å². The van der Waals surface area contributed by atoms with E-state index in [-0.39, 0.29) is 5.70 Å². The van der Waals surface area contributed by atoms with Crippen LogP contribution in [0.3, 0.4) is 0 Å². The van der Waals surface area contributed by atoms with Gasteiger partial charge in [0.2, 0.25) is 5.90 Å². The van der Waals surface area contributed by atoms with E-state index in [1.165, 1.54) is 0 Å². The van der Waals surface area contributed by atoms with E-state index in [4.69, 9.17) is 9.47 Å². The Morgan fingerprint density at radius 2 is 1.64 bits per heavy atom. The van der Waals surface area contributed by atoms with Crippen LogP contribution in [0, 0.1) is 0 Å². The number of carbonyl (C=O) groups is 1. The number of rotatable bonds is 5. The molecule has 3 aromatic carbocycles. The maximum absolute atomic E-state index is 12.1. The second-order valence-electron chi connectivity index (χ2n) is 6.19. The number of nitrogens with zero attached hydrogens (tertiary/aromatic N) is 1. The third-order valence-electron chi connectivity index (χ3n) is 4.14. The average molecular weight is 434 g/mol. The van der Waals surface area contributed by atoms with Gasteiger partial charge in [0.05, 0.1) is 0 Å². The highest BCUT2D eigenvalue weighted by molar-refractivity contribution is 9.10. The lowest BCUT2D eigenvalue weighted by Crippen LogP contribution is -2.05. The van der Waals surface area contributed by atoms with Crippen molar-refractivity contribution >= 4 is 33.9 Å². The van der Waals surface area contributed by atoms with Gasteiger partial charge in [0.15, 0.2) is 5.70 Å². The number of hydrogen-bond donors (Lipinski definition) is 0. The van der Waals surface area contributed by atoms with Crippen molar-refractivity contribution in [2.45, 2.75) is 6.61 Å². The van der Waals surface area contributed by atoms with Crippen LogP contribution in [0.25, 0.3) is 6.08 Å². The predicted octanol–water partition coefficient (Wildman–Crippen LogP) is 5.37. The van der Waals surface area contributed by atoms with E-state index >= 15 is 0 Å². The van der Waals surface area contributed by atoms with E-state index in [0.717, 1.165) is 26.9 Å². The van der Waals surface area contributed by atoms with Crippen LogP contribution >= 0.6 is 15.9 Å². The van der Waals surface area contributed by atoms with Gasteiger partial charge in [0.25, 0.3) is 0 Å². The van der Waals surface area contributed by atoms with Gasteiger partial charge in [-0.05, 0) is 53.6 Å². The van der Waals surface area contributed by atoms with Crippen molar-refractivity contribution in [3.8, 4) is 5.75 Å². The monoisotopic (exact) mass is 433 g/mol. The van der Waals surface area contributed by atoms with Crippen LogP contribution < -0.4 is 4.74 Å². The van der Waals surface area contributed by atoms with Gasteiger partial charge in [-0.1, -0.05) is 58.4 Å². The molecule has 0 unspecified atom stereocenters. The second-order valence-corrected chi connectivity index (χ2v) is 7.10. The van der Waals surface area contributed by atoms with E-state index in [9.17, 15) is 4.79 Å². The summed E-state index contributed by atoms with van der Waals surface area (Å²) in [6.45, 7) is 0.508. The smallest absolute Gasteiger partial charge is 0.363 e. The fraction of sp³-hybridized carbons (Fsp3) is 0.0435. The fourth-order valence-electron chi connectivity index (χ4n) is 2.68. The minimum absolute atomic E-state index is 0.274. The molecular formula is C23H16BrNO3. The van der Waals surface area contributed by atoms with Crippen LogP contribution in [-0.4, -0.2) is 11.9 Å². The van der Waals surface area contributed by atoms with Crippen LogP contribution in [-0.2, 0) is 16.1 Å². The van der Waals surface area contributed by atoms with Gasteiger partial charge < -0.3 is 9.47 Å². The maximum atomic E-state index is 12.1. The summed E-state index contributed by atoms with van der Waals surface area (Å²) in [6, 6.07) is 24.9. The molecule has 0 amide bonds. The number of ether oxygens (including phenoxy) is 2. The van der Waals surface area contributed by atoms with E-state index in [1.54, 1.807) is 6.08 Å². The number of benzene rings is 3. The van der Waals surface area contributed by atoms with Crippen LogP contribution in [0.2, 0.25) is 0 Å². The van der Waals surface area contributed by atoms with Crippen molar-refractivity contribution in [1.82, 2.24) is 0 Å². The molecule has 0 aliphatic carbocycles. The fourth-order valence-corrected chi connectivity index (χ4v) is 2.95. The summed E-state index contributed by atoms with van der Waals surface area (Å²) in [5.74, 6) is 0.618. The Balaban J connectivity index is 1.46. The molecule has 138 valence electrons. The second kappa shape index (κ2) is 8.23. The zero-order chi connectivity index (χ0) is 19.3. The SMILES string of the molecule is O=C1OC(c2ccc(Br)cc2)=NC1=Cc1ccc(OCc2ccccc2)cc1. The van der Waals surface area contributed by atoms with Gasteiger partial charge >= 0.3 is 5.97 Å². The highest BCUT2D eigenvalue weighted by Gasteiger charge is 2.24. The number of carbonyl (C=O) groups excluding carboxylic acids is 1. The zero-order valence-corrected chi connectivity index (χ0v) is 16.4. The summed E-state index contributed by atoms with van der Waals surface area (Å²) in [4.78, 5) is 16.4. The molecule has 0 spiro atoms. The quantitative estimate of drug-likeness (QED) is 0.401. The average Bonchev–Trinajstić information content (AvgIpc) is 3.09. The summed E-state index contributed by atoms with van der Waals surface area (Å²) in [6.07, 6.45) is 1.70.